The quantitative estimate of drug-likeness (QED) is 0.678. The van der Waals surface area contributed by atoms with Crippen molar-refractivity contribution in [2.45, 2.75) is 18.6 Å². The van der Waals surface area contributed by atoms with Crippen LogP contribution in [0.2, 0.25) is 0 Å². The summed E-state index contributed by atoms with van der Waals surface area (Å²) in [4.78, 5) is 23.1. The zero-order chi connectivity index (χ0) is 16.4. The first kappa shape index (κ1) is 14.5. The van der Waals surface area contributed by atoms with Crippen molar-refractivity contribution in [1.29, 1.82) is 0 Å². The van der Waals surface area contributed by atoms with Crippen LogP contribution >= 0.6 is 0 Å². The van der Waals surface area contributed by atoms with Gasteiger partial charge in [0.25, 0.3) is 6.47 Å². The van der Waals surface area contributed by atoms with Gasteiger partial charge in [0, 0.05) is 30.9 Å². The van der Waals surface area contributed by atoms with E-state index in [1.807, 2.05) is 6.07 Å². The van der Waals surface area contributed by atoms with Crippen LogP contribution in [0.1, 0.15) is 18.2 Å². The number of aromatic amines is 1. The number of ether oxygens (including phenoxy) is 2. The van der Waals surface area contributed by atoms with Gasteiger partial charge in [-0.2, -0.15) is 5.10 Å². The van der Waals surface area contributed by atoms with E-state index >= 15 is 0 Å². The summed E-state index contributed by atoms with van der Waals surface area (Å²) in [6, 6.07) is 3.65. The summed E-state index contributed by atoms with van der Waals surface area (Å²) in [5.74, 6) is 1.24. The third-order valence-corrected chi connectivity index (χ3v) is 3.76. The second-order valence-corrected chi connectivity index (χ2v) is 5.36. The highest BCUT2D eigenvalue weighted by atomic mass is 16.6. The summed E-state index contributed by atoms with van der Waals surface area (Å²) in [5, 5.41) is 10.2. The Kier molecular flexibility index (Phi) is 3.75. The van der Waals surface area contributed by atoms with E-state index in [9.17, 15) is 4.79 Å². The summed E-state index contributed by atoms with van der Waals surface area (Å²) in [7, 11) is 0. The van der Waals surface area contributed by atoms with Gasteiger partial charge in [-0.15, -0.1) is 0 Å². The van der Waals surface area contributed by atoms with Gasteiger partial charge in [0.2, 0.25) is 0 Å². The highest BCUT2D eigenvalue weighted by molar-refractivity contribution is 5.76. The molecular formula is C15H14N6O3. The molecule has 1 aliphatic rings. The van der Waals surface area contributed by atoms with Crippen molar-refractivity contribution in [2.24, 2.45) is 0 Å². The van der Waals surface area contributed by atoms with Gasteiger partial charge in [-0.25, -0.2) is 4.98 Å². The molecule has 9 nitrogen and oxygen atoms in total. The minimum atomic E-state index is -0.215. The Morgan fingerprint density at radius 2 is 2.08 bits per heavy atom. The molecule has 3 aromatic heterocycles. The van der Waals surface area contributed by atoms with Crippen LogP contribution in [-0.2, 0) is 14.3 Å². The van der Waals surface area contributed by atoms with Gasteiger partial charge < -0.3 is 14.8 Å². The Hall–Kier alpha value is -3.07. The number of carbonyl (C=O) groups excluding carboxylic acids is 1. The number of aromatic nitrogens is 5. The Morgan fingerprint density at radius 3 is 2.96 bits per heavy atom. The van der Waals surface area contributed by atoms with E-state index in [0.29, 0.717) is 31.1 Å². The number of hydrogen-bond acceptors (Lipinski definition) is 8. The number of pyridine rings is 1. The van der Waals surface area contributed by atoms with E-state index in [1.165, 1.54) is 0 Å². The molecule has 2 N–H and O–H groups in total. The summed E-state index contributed by atoms with van der Waals surface area (Å²) >= 11 is 0. The maximum Gasteiger partial charge on any atom is 0.293 e. The van der Waals surface area contributed by atoms with E-state index < -0.39 is 0 Å². The number of hydrogen-bond donors (Lipinski definition) is 2. The lowest BCUT2D eigenvalue weighted by Crippen LogP contribution is -2.10. The molecule has 1 aliphatic heterocycles. The van der Waals surface area contributed by atoms with Crippen LogP contribution in [0.25, 0.3) is 11.0 Å². The van der Waals surface area contributed by atoms with Crippen molar-refractivity contribution in [1.82, 2.24) is 25.1 Å². The first-order valence-corrected chi connectivity index (χ1v) is 7.41. The molecule has 0 aromatic carbocycles. The molecule has 9 heteroatoms. The average molecular weight is 326 g/mol. The molecule has 0 bridgehead atoms. The molecule has 24 heavy (non-hydrogen) atoms. The number of anilines is 2. The molecule has 0 spiro atoms. The molecule has 4 heterocycles. The lowest BCUT2D eigenvalue weighted by molar-refractivity contribution is -0.133. The summed E-state index contributed by atoms with van der Waals surface area (Å²) in [6.45, 7) is 0.834. The fourth-order valence-corrected chi connectivity index (χ4v) is 2.62. The Balaban J connectivity index is 1.47. The molecule has 1 fully saturated rings. The monoisotopic (exact) mass is 326 g/mol. The van der Waals surface area contributed by atoms with E-state index in [-0.39, 0.29) is 12.2 Å². The predicted octanol–water partition coefficient (Wildman–Crippen LogP) is 1.49. The third-order valence-electron chi connectivity index (χ3n) is 3.76. The Bertz CT molecular complexity index is 867. The Morgan fingerprint density at radius 1 is 1.21 bits per heavy atom. The Labute approximate surface area is 136 Å². The second-order valence-electron chi connectivity index (χ2n) is 5.36. The standard InChI is InChI=1S/C15H14N6O3/c22-8-24-9-3-13(23-7-9)11-5-15(21-20-11)19-14-4-10-12(6-18-14)17-2-1-16-10/h1-2,4-6,8-9,13H,3,7H2,(H2,18,19,20,21). The number of carbonyl (C=O) groups is 1. The van der Waals surface area contributed by atoms with Crippen molar-refractivity contribution in [3.8, 4) is 0 Å². The average Bonchev–Trinajstić information content (AvgIpc) is 3.24. The van der Waals surface area contributed by atoms with E-state index in [0.717, 1.165) is 16.7 Å². The second kappa shape index (κ2) is 6.20. The molecular weight excluding hydrogens is 312 g/mol. The molecule has 2 atom stereocenters. The smallest absolute Gasteiger partial charge is 0.293 e. The maximum atomic E-state index is 10.4. The van der Waals surface area contributed by atoms with E-state index in [4.69, 9.17) is 9.47 Å². The molecule has 3 aromatic rings. The molecule has 2 unspecified atom stereocenters. The van der Waals surface area contributed by atoms with Crippen molar-refractivity contribution in [2.75, 3.05) is 11.9 Å². The van der Waals surface area contributed by atoms with Gasteiger partial charge in [-0.1, -0.05) is 0 Å². The SMILES string of the molecule is O=COC1COC(c2cc(Nc3cc4nccnc4cn3)n[nH]2)C1. The highest BCUT2D eigenvalue weighted by Crippen LogP contribution is 2.30. The summed E-state index contributed by atoms with van der Waals surface area (Å²) in [5.41, 5.74) is 2.29. The van der Waals surface area contributed by atoms with Crippen molar-refractivity contribution in [3.63, 3.8) is 0 Å². The number of nitrogens with one attached hydrogen (secondary N) is 2. The van der Waals surface area contributed by atoms with E-state index in [2.05, 4.69) is 30.5 Å². The lowest BCUT2D eigenvalue weighted by atomic mass is 10.1. The number of fused-ring (bicyclic) bond motifs is 1. The molecule has 0 saturated carbocycles. The lowest BCUT2D eigenvalue weighted by Gasteiger charge is -2.05. The minimum absolute atomic E-state index is 0.173. The number of nitrogens with zero attached hydrogens (tertiary/aromatic N) is 4. The van der Waals surface area contributed by atoms with Crippen LogP contribution in [0.5, 0.6) is 0 Å². The van der Waals surface area contributed by atoms with Crippen LogP contribution in [-0.4, -0.2) is 44.3 Å². The minimum Gasteiger partial charge on any atom is -0.462 e. The van der Waals surface area contributed by atoms with Crippen LogP contribution < -0.4 is 5.32 Å². The zero-order valence-corrected chi connectivity index (χ0v) is 12.5. The fourth-order valence-electron chi connectivity index (χ4n) is 2.62. The first-order chi connectivity index (χ1) is 11.8. The molecule has 122 valence electrons. The fraction of sp³-hybridized carbons (Fsp3) is 0.267. The van der Waals surface area contributed by atoms with Crippen LogP contribution in [0.15, 0.2) is 30.7 Å². The summed E-state index contributed by atoms with van der Waals surface area (Å²) in [6.07, 6.45) is 5.12. The van der Waals surface area contributed by atoms with Gasteiger partial charge in [0.1, 0.15) is 23.5 Å². The third kappa shape index (κ3) is 2.88. The topological polar surface area (TPSA) is 115 Å². The van der Waals surface area contributed by atoms with Gasteiger partial charge in [0.05, 0.1) is 24.0 Å². The van der Waals surface area contributed by atoms with Gasteiger partial charge in [0.15, 0.2) is 5.82 Å². The zero-order valence-electron chi connectivity index (χ0n) is 12.5. The molecule has 0 aliphatic carbocycles. The molecule has 4 rings (SSSR count). The van der Waals surface area contributed by atoms with Gasteiger partial charge in [-0.3, -0.25) is 19.9 Å². The van der Waals surface area contributed by atoms with Crippen LogP contribution in [0.3, 0.4) is 0 Å². The predicted molar refractivity (Wildman–Crippen MR) is 83.5 cm³/mol. The van der Waals surface area contributed by atoms with E-state index in [1.54, 1.807) is 24.7 Å². The van der Waals surface area contributed by atoms with Gasteiger partial charge in [-0.05, 0) is 0 Å². The molecule has 1 saturated heterocycles. The van der Waals surface area contributed by atoms with Crippen molar-refractivity contribution >= 4 is 29.1 Å². The van der Waals surface area contributed by atoms with Gasteiger partial charge >= 0.3 is 0 Å². The van der Waals surface area contributed by atoms with Crippen LogP contribution in [0.4, 0.5) is 11.6 Å². The van der Waals surface area contributed by atoms with Crippen LogP contribution in [0, 0.1) is 0 Å². The number of rotatable bonds is 5. The largest absolute Gasteiger partial charge is 0.462 e. The molecule has 0 radical (unpaired) electrons. The molecule has 0 amide bonds. The summed E-state index contributed by atoms with van der Waals surface area (Å²) < 4.78 is 10.5. The normalized spacial score (nSPS) is 20.2. The van der Waals surface area contributed by atoms with Crippen molar-refractivity contribution in [3.05, 3.63) is 36.4 Å². The first-order valence-electron chi connectivity index (χ1n) is 7.41. The highest BCUT2D eigenvalue weighted by Gasteiger charge is 2.29. The number of H-pyrrole nitrogens is 1. The maximum absolute atomic E-state index is 10.4. The van der Waals surface area contributed by atoms with Crippen molar-refractivity contribution < 1.29 is 14.3 Å².